The predicted octanol–water partition coefficient (Wildman–Crippen LogP) is 4.40. The van der Waals surface area contributed by atoms with E-state index in [1.54, 1.807) is 24.3 Å². The lowest BCUT2D eigenvalue weighted by molar-refractivity contribution is -0.122. The second kappa shape index (κ2) is 7.32. The maximum Gasteiger partial charge on any atom is 0.255 e. The van der Waals surface area contributed by atoms with Crippen molar-refractivity contribution >= 4 is 29.1 Å². The lowest BCUT2D eigenvalue weighted by Crippen LogP contribution is -2.30. The first-order valence-electron chi connectivity index (χ1n) is 9.87. The lowest BCUT2D eigenvalue weighted by Gasteiger charge is -2.18. The summed E-state index contributed by atoms with van der Waals surface area (Å²) in [5.41, 5.74) is 5.05. The Morgan fingerprint density at radius 2 is 1.66 bits per heavy atom. The van der Waals surface area contributed by atoms with Crippen molar-refractivity contribution in [3.8, 4) is 0 Å². The average Bonchev–Trinajstić information content (AvgIpc) is 2.94. The number of amides is 3. The molecule has 1 aliphatic heterocycles. The molecule has 5 heteroatoms. The molecule has 1 aliphatic carbocycles. The molecule has 2 atom stereocenters. The van der Waals surface area contributed by atoms with Crippen molar-refractivity contribution in [2.24, 2.45) is 11.8 Å². The molecule has 1 heterocycles. The SMILES string of the molecule is CC1=CC[C@@H]2C(=O)N(c3ccc(C(=O)Nc4ccc(C)cc4C)cc3)C(=O)[C@H]2C1. The third kappa shape index (κ3) is 3.48. The molecule has 5 nitrogen and oxygen atoms in total. The molecule has 4 rings (SSSR count). The van der Waals surface area contributed by atoms with Crippen LogP contribution in [0.3, 0.4) is 0 Å². The molecule has 0 spiro atoms. The number of nitrogens with one attached hydrogen (secondary N) is 1. The number of fused-ring (bicyclic) bond motifs is 1. The Morgan fingerprint density at radius 1 is 0.966 bits per heavy atom. The lowest BCUT2D eigenvalue weighted by atomic mass is 9.82. The maximum absolute atomic E-state index is 12.8. The molecular formula is C24H24N2O3. The van der Waals surface area contributed by atoms with Crippen LogP contribution in [0.2, 0.25) is 0 Å². The van der Waals surface area contributed by atoms with Crippen LogP contribution < -0.4 is 10.2 Å². The van der Waals surface area contributed by atoms with E-state index in [9.17, 15) is 14.4 Å². The number of hydrogen-bond acceptors (Lipinski definition) is 3. The Hall–Kier alpha value is -3.21. The highest BCUT2D eigenvalue weighted by Crippen LogP contribution is 2.39. The summed E-state index contributed by atoms with van der Waals surface area (Å²) >= 11 is 0. The molecule has 1 saturated heterocycles. The Labute approximate surface area is 170 Å². The van der Waals surface area contributed by atoms with Crippen LogP contribution in [0.15, 0.2) is 54.1 Å². The Kier molecular flexibility index (Phi) is 4.82. The molecule has 0 aromatic heterocycles. The molecule has 29 heavy (non-hydrogen) atoms. The molecule has 2 aromatic rings. The highest BCUT2D eigenvalue weighted by atomic mass is 16.2. The number of allylic oxidation sites excluding steroid dienone is 2. The highest BCUT2D eigenvalue weighted by molar-refractivity contribution is 6.22. The van der Waals surface area contributed by atoms with Gasteiger partial charge in [-0.2, -0.15) is 0 Å². The van der Waals surface area contributed by atoms with Crippen molar-refractivity contribution in [2.45, 2.75) is 33.6 Å². The van der Waals surface area contributed by atoms with E-state index in [0.717, 1.165) is 22.4 Å². The van der Waals surface area contributed by atoms with Crippen LogP contribution in [-0.4, -0.2) is 17.7 Å². The topological polar surface area (TPSA) is 66.5 Å². The number of anilines is 2. The highest BCUT2D eigenvalue weighted by Gasteiger charge is 2.48. The van der Waals surface area contributed by atoms with Gasteiger partial charge >= 0.3 is 0 Å². The van der Waals surface area contributed by atoms with E-state index >= 15 is 0 Å². The second-order valence-corrected chi connectivity index (χ2v) is 8.03. The number of rotatable bonds is 3. The van der Waals surface area contributed by atoms with Crippen LogP contribution in [0.4, 0.5) is 11.4 Å². The first kappa shape index (κ1) is 19.1. The summed E-state index contributed by atoms with van der Waals surface area (Å²) in [6.07, 6.45) is 3.31. The van der Waals surface area contributed by atoms with Crippen LogP contribution >= 0.6 is 0 Å². The third-order valence-electron chi connectivity index (χ3n) is 5.84. The fourth-order valence-electron chi connectivity index (χ4n) is 4.20. The molecular weight excluding hydrogens is 364 g/mol. The van der Waals surface area contributed by atoms with Gasteiger partial charge in [-0.15, -0.1) is 0 Å². The number of nitrogens with zero attached hydrogens (tertiary/aromatic N) is 1. The van der Waals surface area contributed by atoms with Crippen molar-refractivity contribution in [1.82, 2.24) is 0 Å². The standard InChI is InChI=1S/C24H24N2O3/c1-14-5-11-21(16(3)12-14)25-22(27)17-6-8-18(9-7-17)26-23(28)19-10-4-15(2)13-20(19)24(26)29/h4-9,11-12,19-20H,10,13H2,1-3H3,(H,25,27)/t19-,20-/m0/s1. The minimum Gasteiger partial charge on any atom is -0.322 e. The minimum absolute atomic E-state index is 0.139. The average molecular weight is 388 g/mol. The fourth-order valence-corrected chi connectivity index (χ4v) is 4.20. The van der Waals surface area contributed by atoms with Crippen molar-refractivity contribution in [3.63, 3.8) is 0 Å². The molecule has 2 aliphatic rings. The van der Waals surface area contributed by atoms with Gasteiger partial charge in [-0.1, -0.05) is 29.3 Å². The van der Waals surface area contributed by atoms with Gasteiger partial charge in [0.2, 0.25) is 11.8 Å². The Balaban J connectivity index is 1.51. The number of carbonyl (C=O) groups excluding carboxylic acids is 3. The normalized spacial score (nSPS) is 21.1. The first-order chi connectivity index (χ1) is 13.8. The monoisotopic (exact) mass is 388 g/mol. The maximum atomic E-state index is 12.8. The summed E-state index contributed by atoms with van der Waals surface area (Å²) in [5, 5.41) is 2.91. The van der Waals surface area contributed by atoms with E-state index in [0.29, 0.717) is 24.1 Å². The van der Waals surface area contributed by atoms with Crippen LogP contribution in [0.5, 0.6) is 0 Å². The molecule has 2 aromatic carbocycles. The predicted molar refractivity (Wildman–Crippen MR) is 113 cm³/mol. The summed E-state index contributed by atoms with van der Waals surface area (Å²) in [6.45, 7) is 5.96. The van der Waals surface area contributed by atoms with Crippen LogP contribution in [0, 0.1) is 25.7 Å². The van der Waals surface area contributed by atoms with Crippen LogP contribution in [0.1, 0.15) is 41.3 Å². The van der Waals surface area contributed by atoms with E-state index in [1.165, 1.54) is 4.90 Å². The van der Waals surface area contributed by atoms with Crippen molar-refractivity contribution < 1.29 is 14.4 Å². The zero-order valence-corrected chi connectivity index (χ0v) is 16.9. The number of carbonyl (C=O) groups is 3. The number of hydrogen-bond donors (Lipinski definition) is 1. The van der Waals surface area contributed by atoms with Gasteiger partial charge in [-0.05, 0) is 69.5 Å². The second-order valence-electron chi connectivity index (χ2n) is 8.03. The summed E-state index contributed by atoms with van der Waals surface area (Å²) in [5.74, 6) is -1.04. The molecule has 1 N–H and O–H groups in total. The summed E-state index contributed by atoms with van der Waals surface area (Å²) in [4.78, 5) is 39.5. The fraction of sp³-hybridized carbons (Fsp3) is 0.292. The van der Waals surface area contributed by atoms with Gasteiger partial charge in [0.15, 0.2) is 0 Å². The number of aryl methyl sites for hydroxylation is 2. The van der Waals surface area contributed by atoms with Crippen LogP contribution in [0.25, 0.3) is 0 Å². The molecule has 0 radical (unpaired) electrons. The first-order valence-corrected chi connectivity index (χ1v) is 9.87. The summed E-state index contributed by atoms with van der Waals surface area (Å²) in [6, 6.07) is 12.5. The summed E-state index contributed by atoms with van der Waals surface area (Å²) < 4.78 is 0. The number of benzene rings is 2. The Morgan fingerprint density at radius 3 is 2.34 bits per heavy atom. The molecule has 0 bridgehead atoms. The van der Waals surface area contributed by atoms with Gasteiger partial charge in [0.05, 0.1) is 17.5 Å². The molecule has 3 amide bonds. The molecule has 0 saturated carbocycles. The van der Waals surface area contributed by atoms with Gasteiger partial charge in [0.1, 0.15) is 0 Å². The zero-order valence-electron chi connectivity index (χ0n) is 16.9. The third-order valence-corrected chi connectivity index (χ3v) is 5.84. The smallest absolute Gasteiger partial charge is 0.255 e. The largest absolute Gasteiger partial charge is 0.322 e. The molecule has 0 unspecified atom stereocenters. The van der Waals surface area contributed by atoms with Crippen molar-refractivity contribution in [1.29, 1.82) is 0 Å². The summed E-state index contributed by atoms with van der Waals surface area (Å²) in [7, 11) is 0. The van der Waals surface area contributed by atoms with Gasteiger partial charge in [0, 0.05) is 11.3 Å². The Bertz CT molecular complexity index is 1040. The van der Waals surface area contributed by atoms with Gasteiger partial charge in [0.25, 0.3) is 5.91 Å². The van der Waals surface area contributed by atoms with Gasteiger partial charge < -0.3 is 5.32 Å². The molecule has 148 valence electrons. The van der Waals surface area contributed by atoms with E-state index in [-0.39, 0.29) is 29.6 Å². The van der Waals surface area contributed by atoms with Crippen molar-refractivity contribution in [2.75, 3.05) is 10.2 Å². The minimum atomic E-state index is -0.265. The van der Waals surface area contributed by atoms with E-state index in [1.807, 2.05) is 39.0 Å². The van der Waals surface area contributed by atoms with Gasteiger partial charge in [-0.25, -0.2) is 0 Å². The van der Waals surface area contributed by atoms with E-state index < -0.39 is 0 Å². The zero-order chi connectivity index (χ0) is 20.7. The van der Waals surface area contributed by atoms with E-state index in [2.05, 4.69) is 11.4 Å². The van der Waals surface area contributed by atoms with E-state index in [4.69, 9.17) is 0 Å². The van der Waals surface area contributed by atoms with Gasteiger partial charge in [-0.3, -0.25) is 19.3 Å². The number of imide groups is 1. The van der Waals surface area contributed by atoms with Crippen LogP contribution in [-0.2, 0) is 9.59 Å². The molecule has 1 fully saturated rings. The quantitative estimate of drug-likeness (QED) is 0.626. The van der Waals surface area contributed by atoms with Crippen molar-refractivity contribution in [3.05, 3.63) is 70.8 Å².